The highest BCUT2D eigenvalue weighted by atomic mass is 19.1. The first-order chi connectivity index (χ1) is 14.9. The van der Waals surface area contributed by atoms with Gasteiger partial charge in [0.05, 0.1) is 0 Å². The van der Waals surface area contributed by atoms with Crippen molar-refractivity contribution in [2.75, 3.05) is 6.54 Å². The van der Waals surface area contributed by atoms with Gasteiger partial charge in [-0.1, -0.05) is 0 Å². The summed E-state index contributed by atoms with van der Waals surface area (Å²) in [7, 11) is 0. The molecule has 2 amide bonds. The minimum Gasteiger partial charge on any atom is -0.354 e. The van der Waals surface area contributed by atoms with Gasteiger partial charge in [-0.25, -0.2) is 13.2 Å². The standard InChI is InChI=1S/C23H20F3N3O2/c24-15-4-1-13(2-5-15)22-14(3-8-21(30)28-19-9-10-27-23(19)31)11-20(29-22)17-7-6-16(25)12-18(17)26/h1-2,4-7,11-12,19,29H,3,8-10H2,(H,27,31)(H,28,30). The summed E-state index contributed by atoms with van der Waals surface area (Å²) in [4.78, 5) is 27.1. The maximum absolute atomic E-state index is 14.3. The predicted molar refractivity (Wildman–Crippen MR) is 109 cm³/mol. The van der Waals surface area contributed by atoms with Crippen LogP contribution in [0.1, 0.15) is 18.4 Å². The average Bonchev–Trinajstić information content (AvgIpc) is 3.33. The lowest BCUT2D eigenvalue weighted by atomic mass is 10.0. The zero-order chi connectivity index (χ0) is 22.0. The van der Waals surface area contributed by atoms with Gasteiger partial charge in [0.1, 0.15) is 23.5 Å². The molecule has 3 aromatic rings. The van der Waals surface area contributed by atoms with Crippen molar-refractivity contribution in [3.63, 3.8) is 0 Å². The number of carbonyl (C=O) groups is 2. The third-order valence-corrected chi connectivity index (χ3v) is 5.26. The molecule has 8 heteroatoms. The normalized spacial score (nSPS) is 15.7. The highest BCUT2D eigenvalue weighted by molar-refractivity contribution is 5.89. The van der Waals surface area contributed by atoms with Gasteiger partial charge in [-0.15, -0.1) is 0 Å². The summed E-state index contributed by atoms with van der Waals surface area (Å²) in [6.45, 7) is 0.531. The van der Waals surface area contributed by atoms with Crippen molar-refractivity contribution in [3.05, 3.63) is 71.5 Å². The molecule has 1 aromatic heterocycles. The Hall–Kier alpha value is -3.55. The summed E-state index contributed by atoms with van der Waals surface area (Å²) in [5, 5.41) is 5.37. The molecule has 2 aromatic carbocycles. The molecule has 0 spiro atoms. The van der Waals surface area contributed by atoms with Gasteiger partial charge in [0.25, 0.3) is 0 Å². The van der Waals surface area contributed by atoms with Gasteiger partial charge in [-0.3, -0.25) is 9.59 Å². The van der Waals surface area contributed by atoms with Gasteiger partial charge in [-0.05, 0) is 66.4 Å². The molecular formula is C23H20F3N3O2. The number of aryl methyl sites for hydroxylation is 1. The zero-order valence-electron chi connectivity index (χ0n) is 16.5. The number of benzene rings is 2. The number of aromatic nitrogens is 1. The van der Waals surface area contributed by atoms with Crippen LogP contribution < -0.4 is 10.6 Å². The maximum atomic E-state index is 14.3. The molecule has 0 saturated carbocycles. The molecule has 1 fully saturated rings. The number of carbonyl (C=O) groups excluding carboxylic acids is 2. The predicted octanol–water partition coefficient (Wildman–Crippen LogP) is 3.70. The second-order valence-corrected chi connectivity index (χ2v) is 7.41. The van der Waals surface area contributed by atoms with Crippen molar-refractivity contribution in [1.29, 1.82) is 0 Å². The molecule has 1 unspecified atom stereocenters. The number of nitrogens with one attached hydrogen (secondary N) is 3. The molecule has 160 valence electrons. The lowest BCUT2D eigenvalue weighted by Crippen LogP contribution is -2.40. The Morgan fingerprint density at radius 3 is 2.45 bits per heavy atom. The molecule has 2 heterocycles. The van der Waals surface area contributed by atoms with E-state index in [4.69, 9.17) is 0 Å². The third-order valence-electron chi connectivity index (χ3n) is 5.26. The number of halogens is 3. The Morgan fingerprint density at radius 2 is 1.77 bits per heavy atom. The van der Waals surface area contributed by atoms with E-state index in [0.717, 1.165) is 17.7 Å². The van der Waals surface area contributed by atoms with Crippen LogP contribution in [0.25, 0.3) is 22.5 Å². The first-order valence-electron chi connectivity index (χ1n) is 9.91. The van der Waals surface area contributed by atoms with Gasteiger partial charge >= 0.3 is 0 Å². The quantitative estimate of drug-likeness (QED) is 0.561. The van der Waals surface area contributed by atoms with Crippen LogP contribution in [-0.2, 0) is 16.0 Å². The highest BCUT2D eigenvalue weighted by Gasteiger charge is 2.25. The van der Waals surface area contributed by atoms with Crippen LogP contribution in [0.4, 0.5) is 13.2 Å². The molecule has 0 bridgehead atoms. The summed E-state index contributed by atoms with van der Waals surface area (Å²) < 4.78 is 41.0. The molecule has 0 radical (unpaired) electrons. The van der Waals surface area contributed by atoms with Gasteiger partial charge in [0.2, 0.25) is 11.8 Å². The summed E-state index contributed by atoms with van der Waals surface area (Å²) in [6.07, 6.45) is 0.969. The van der Waals surface area contributed by atoms with E-state index in [1.807, 2.05) is 0 Å². The van der Waals surface area contributed by atoms with Crippen molar-refractivity contribution in [3.8, 4) is 22.5 Å². The smallest absolute Gasteiger partial charge is 0.242 e. The van der Waals surface area contributed by atoms with E-state index in [-0.39, 0.29) is 23.8 Å². The minimum absolute atomic E-state index is 0.112. The maximum Gasteiger partial charge on any atom is 0.242 e. The van der Waals surface area contributed by atoms with Crippen molar-refractivity contribution in [2.24, 2.45) is 0 Å². The molecule has 0 aliphatic carbocycles. The van der Waals surface area contributed by atoms with Crippen molar-refractivity contribution in [1.82, 2.24) is 15.6 Å². The highest BCUT2D eigenvalue weighted by Crippen LogP contribution is 2.31. The summed E-state index contributed by atoms with van der Waals surface area (Å²) >= 11 is 0. The summed E-state index contributed by atoms with van der Waals surface area (Å²) in [5.41, 5.74) is 2.60. The van der Waals surface area contributed by atoms with E-state index >= 15 is 0 Å². The van der Waals surface area contributed by atoms with Crippen LogP contribution in [0.3, 0.4) is 0 Å². The Kier molecular flexibility index (Phi) is 5.79. The first-order valence-corrected chi connectivity index (χ1v) is 9.91. The van der Waals surface area contributed by atoms with E-state index < -0.39 is 23.5 Å². The average molecular weight is 427 g/mol. The molecule has 1 saturated heterocycles. The lowest BCUT2D eigenvalue weighted by molar-refractivity contribution is -0.127. The Labute approximate surface area is 176 Å². The Balaban J connectivity index is 1.60. The van der Waals surface area contributed by atoms with Crippen LogP contribution in [0.2, 0.25) is 0 Å². The lowest BCUT2D eigenvalue weighted by Gasteiger charge is -2.10. The first kappa shape index (κ1) is 20.7. The Bertz CT molecular complexity index is 1130. The van der Waals surface area contributed by atoms with Gasteiger partial charge in [0, 0.05) is 36.0 Å². The van der Waals surface area contributed by atoms with Crippen LogP contribution in [0, 0.1) is 17.5 Å². The number of amides is 2. The summed E-state index contributed by atoms with van der Waals surface area (Å²) in [5.74, 6) is -2.27. The number of hydrogen-bond acceptors (Lipinski definition) is 2. The largest absolute Gasteiger partial charge is 0.354 e. The van der Waals surface area contributed by atoms with Crippen LogP contribution in [-0.4, -0.2) is 29.4 Å². The van der Waals surface area contributed by atoms with Crippen molar-refractivity contribution < 1.29 is 22.8 Å². The molecule has 31 heavy (non-hydrogen) atoms. The fraction of sp³-hybridized carbons (Fsp3) is 0.217. The molecule has 5 nitrogen and oxygen atoms in total. The van der Waals surface area contributed by atoms with Crippen molar-refractivity contribution in [2.45, 2.75) is 25.3 Å². The fourth-order valence-corrected chi connectivity index (χ4v) is 3.67. The molecule has 1 aliphatic rings. The minimum atomic E-state index is -0.719. The van der Waals surface area contributed by atoms with Gasteiger partial charge in [0.15, 0.2) is 0 Å². The molecule has 3 N–H and O–H groups in total. The van der Waals surface area contributed by atoms with Gasteiger partial charge in [-0.2, -0.15) is 0 Å². The van der Waals surface area contributed by atoms with Crippen molar-refractivity contribution >= 4 is 11.8 Å². The second-order valence-electron chi connectivity index (χ2n) is 7.41. The van der Waals surface area contributed by atoms with E-state index in [1.54, 1.807) is 18.2 Å². The second kappa shape index (κ2) is 8.67. The molecule has 4 rings (SSSR count). The third kappa shape index (κ3) is 4.63. The number of aromatic amines is 1. The van der Waals surface area contributed by atoms with E-state index in [2.05, 4.69) is 15.6 Å². The topological polar surface area (TPSA) is 74.0 Å². The summed E-state index contributed by atoms with van der Waals surface area (Å²) in [6, 6.07) is 10.2. The zero-order valence-corrected chi connectivity index (χ0v) is 16.5. The van der Waals surface area contributed by atoms with E-state index in [9.17, 15) is 22.8 Å². The molecule has 1 atom stereocenters. The fourth-order valence-electron chi connectivity index (χ4n) is 3.67. The molecule has 1 aliphatic heterocycles. The SMILES string of the molecule is O=C(CCc1cc(-c2ccc(F)cc2F)[nH]c1-c1ccc(F)cc1)NC1CCNC1=O. The molecular weight excluding hydrogens is 407 g/mol. The van der Waals surface area contributed by atoms with E-state index in [1.165, 1.54) is 18.2 Å². The van der Waals surface area contributed by atoms with E-state index in [0.29, 0.717) is 36.3 Å². The van der Waals surface area contributed by atoms with Gasteiger partial charge < -0.3 is 15.6 Å². The number of rotatable bonds is 6. The van der Waals surface area contributed by atoms with Crippen LogP contribution in [0.15, 0.2) is 48.5 Å². The Morgan fingerprint density at radius 1 is 1.03 bits per heavy atom. The number of H-pyrrole nitrogens is 1. The monoisotopic (exact) mass is 427 g/mol. The van der Waals surface area contributed by atoms with Crippen LogP contribution in [0.5, 0.6) is 0 Å². The number of hydrogen-bond donors (Lipinski definition) is 3. The van der Waals surface area contributed by atoms with Crippen LogP contribution >= 0.6 is 0 Å².